The Balaban J connectivity index is 2.19. The van der Waals surface area contributed by atoms with E-state index in [2.05, 4.69) is 15.1 Å². The van der Waals surface area contributed by atoms with Crippen LogP contribution in [0.5, 0.6) is 0 Å². The number of aromatic amines is 1. The summed E-state index contributed by atoms with van der Waals surface area (Å²) in [6.07, 6.45) is 3.29. The highest BCUT2D eigenvalue weighted by Gasteiger charge is 2.04. The zero-order valence-corrected chi connectivity index (χ0v) is 8.44. The van der Waals surface area contributed by atoms with Crippen molar-refractivity contribution in [2.75, 3.05) is 0 Å². The summed E-state index contributed by atoms with van der Waals surface area (Å²) in [5.74, 6) is 0.670. The van der Waals surface area contributed by atoms with Crippen molar-refractivity contribution in [2.45, 2.75) is 0 Å². The summed E-state index contributed by atoms with van der Waals surface area (Å²) in [5.41, 5.74) is 1.90. The van der Waals surface area contributed by atoms with E-state index in [4.69, 9.17) is 11.6 Å². The van der Waals surface area contributed by atoms with Crippen molar-refractivity contribution in [2.24, 2.45) is 0 Å². The molecule has 0 aliphatic rings. The molecule has 0 aliphatic heterocycles. The summed E-state index contributed by atoms with van der Waals surface area (Å²) in [4.78, 5) is 7.54. The number of nitrogens with zero attached hydrogens (tertiary/aromatic N) is 3. The van der Waals surface area contributed by atoms with Crippen LogP contribution in [0.25, 0.3) is 17.0 Å². The van der Waals surface area contributed by atoms with Gasteiger partial charge in [-0.15, -0.1) is 0 Å². The van der Waals surface area contributed by atoms with Crippen molar-refractivity contribution in [3.05, 3.63) is 41.7 Å². The maximum atomic E-state index is 5.78. The van der Waals surface area contributed by atoms with Crippen LogP contribution in [0.15, 0.2) is 36.7 Å². The molecule has 15 heavy (non-hydrogen) atoms. The van der Waals surface area contributed by atoms with Crippen molar-refractivity contribution in [3.8, 4) is 5.95 Å². The highest BCUT2D eigenvalue weighted by Crippen LogP contribution is 2.14. The zero-order valence-electron chi connectivity index (χ0n) is 7.68. The molecule has 5 heteroatoms. The van der Waals surface area contributed by atoms with Crippen LogP contribution in [0.2, 0.25) is 5.02 Å². The lowest BCUT2D eigenvalue weighted by molar-refractivity contribution is 0.829. The molecule has 74 valence electrons. The SMILES string of the molecule is Clc1cnn(-c2nc3ccccc3[nH]2)c1. The smallest absolute Gasteiger partial charge is 0.229 e. The summed E-state index contributed by atoms with van der Waals surface area (Å²) in [7, 11) is 0. The van der Waals surface area contributed by atoms with Crippen molar-refractivity contribution in [3.63, 3.8) is 0 Å². The first-order chi connectivity index (χ1) is 7.33. The molecule has 0 saturated heterocycles. The molecule has 0 saturated carbocycles. The lowest BCUT2D eigenvalue weighted by Crippen LogP contribution is -1.95. The zero-order chi connectivity index (χ0) is 10.3. The van der Waals surface area contributed by atoms with E-state index in [1.165, 1.54) is 0 Å². The van der Waals surface area contributed by atoms with Crippen LogP contribution < -0.4 is 0 Å². The largest absolute Gasteiger partial charge is 0.322 e. The van der Waals surface area contributed by atoms with Gasteiger partial charge in [-0.1, -0.05) is 23.7 Å². The summed E-state index contributed by atoms with van der Waals surface area (Å²) < 4.78 is 1.61. The third kappa shape index (κ3) is 1.39. The Morgan fingerprint density at radius 2 is 2.13 bits per heavy atom. The number of benzene rings is 1. The predicted octanol–water partition coefficient (Wildman–Crippen LogP) is 2.40. The molecule has 1 N–H and O–H groups in total. The van der Waals surface area contributed by atoms with Crippen molar-refractivity contribution >= 4 is 22.6 Å². The van der Waals surface area contributed by atoms with Gasteiger partial charge in [0.25, 0.3) is 0 Å². The number of hydrogen-bond acceptors (Lipinski definition) is 2. The van der Waals surface area contributed by atoms with E-state index in [0.29, 0.717) is 11.0 Å². The van der Waals surface area contributed by atoms with Gasteiger partial charge in [0.2, 0.25) is 5.95 Å². The van der Waals surface area contributed by atoms with Gasteiger partial charge in [0, 0.05) is 0 Å². The summed E-state index contributed by atoms with van der Waals surface area (Å²) in [5, 5.41) is 4.67. The van der Waals surface area contributed by atoms with Gasteiger partial charge < -0.3 is 4.98 Å². The van der Waals surface area contributed by atoms with Crippen LogP contribution in [0.1, 0.15) is 0 Å². The van der Waals surface area contributed by atoms with E-state index in [1.54, 1.807) is 17.1 Å². The molecule has 4 nitrogen and oxygen atoms in total. The van der Waals surface area contributed by atoms with Gasteiger partial charge in [0.05, 0.1) is 28.4 Å². The number of halogens is 1. The third-order valence-electron chi connectivity index (χ3n) is 2.14. The molecule has 2 aromatic heterocycles. The number of rotatable bonds is 1. The Morgan fingerprint density at radius 1 is 1.27 bits per heavy atom. The number of imidazole rings is 1. The fourth-order valence-electron chi connectivity index (χ4n) is 1.46. The molecular formula is C10H7ClN4. The van der Waals surface area contributed by atoms with E-state index in [1.807, 2.05) is 24.3 Å². The van der Waals surface area contributed by atoms with E-state index in [-0.39, 0.29) is 0 Å². The highest BCUT2D eigenvalue weighted by molar-refractivity contribution is 6.30. The third-order valence-corrected chi connectivity index (χ3v) is 2.34. The molecule has 0 bridgehead atoms. The van der Waals surface area contributed by atoms with E-state index >= 15 is 0 Å². The Hall–Kier alpha value is -1.81. The molecule has 1 aromatic carbocycles. The van der Waals surface area contributed by atoms with Crippen LogP contribution in [-0.2, 0) is 0 Å². The number of fused-ring (bicyclic) bond motifs is 1. The molecule has 0 aliphatic carbocycles. The predicted molar refractivity (Wildman–Crippen MR) is 58.2 cm³/mol. The number of aromatic nitrogens is 4. The standard InChI is InChI=1S/C10H7ClN4/c11-7-5-12-15(6-7)10-13-8-3-1-2-4-9(8)14-10/h1-6H,(H,13,14). The van der Waals surface area contributed by atoms with Crippen molar-refractivity contribution < 1.29 is 0 Å². The number of H-pyrrole nitrogens is 1. The summed E-state index contributed by atoms with van der Waals surface area (Å²) in [6, 6.07) is 7.82. The monoisotopic (exact) mass is 218 g/mol. The molecule has 0 spiro atoms. The maximum Gasteiger partial charge on any atom is 0.229 e. The fraction of sp³-hybridized carbons (Fsp3) is 0. The fourth-order valence-corrected chi connectivity index (χ4v) is 1.60. The second kappa shape index (κ2) is 3.10. The van der Waals surface area contributed by atoms with Crippen LogP contribution in [0, 0.1) is 0 Å². The second-order valence-electron chi connectivity index (χ2n) is 3.18. The Bertz CT molecular complexity index is 577. The Morgan fingerprint density at radius 3 is 2.87 bits per heavy atom. The molecule has 0 fully saturated rings. The average molecular weight is 219 g/mol. The molecule has 0 amide bonds. The second-order valence-corrected chi connectivity index (χ2v) is 3.62. The lowest BCUT2D eigenvalue weighted by Gasteiger charge is -1.91. The average Bonchev–Trinajstić information content (AvgIpc) is 2.82. The minimum absolute atomic E-state index is 0.593. The van der Waals surface area contributed by atoms with Gasteiger partial charge in [0.1, 0.15) is 0 Å². The first-order valence-electron chi connectivity index (χ1n) is 4.48. The topological polar surface area (TPSA) is 46.5 Å². The molecule has 2 heterocycles. The minimum Gasteiger partial charge on any atom is -0.322 e. The molecular weight excluding hydrogens is 212 g/mol. The van der Waals surface area contributed by atoms with Gasteiger partial charge in [0.15, 0.2) is 0 Å². The number of para-hydroxylation sites is 2. The minimum atomic E-state index is 0.593. The van der Waals surface area contributed by atoms with Gasteiger partial charge >= 0.3 is 0 Å². The summed E-state index contributed by atoms with van der Waals surface area (Å²) >= 11 is 5.78. The van der Waals surface area contributed by atoms with Crippen LogP contribution in [0.3, 0.4) is 0 Å². The number of nitrogens with one attached hydrogen (secondary N) is 1. The highest BCUT2D eigenvalue weighted by atomic mass is 35.5. The first kappa shape index (κ1) is 8.49. The van der Waals surface area contributed by atoms with Crippen LogP contribution in [0.4, 0.5) is 0 Å². The normalized spacial score (nSPS) is 11.0. The molecule has 3 aromatic rings. The Kier molecular flexibility index (Phi) is 1.76. The van der Waals surface area contributed by atoms with Crippen LogP contribution >= 0.6 is 11.6 Å². The number of hydrogen-bond donors (Lipinski definition) is 1. The Labute approximate surface area is 90.5 Å². The van der Waals surface area contributed by atoms with Gasteiger partial charge in [-0.05, 0) is 12.1 Å². The van der Waals surface area contributed by atoms with Crippen molar-refractivity contribution in [1.82, 2.24) is 19.7 Å². The van der Waals surface area contributed by atoms with E-state index in [0.717, 1.165) is 11.0 Å². The quantitative estimate of drug-likeness (QED) is 0.682. The van der Waals surface area contributed by atoms with E-state index in [9.17, 15) is 0 Å². The van der Waals surface area contributed by atoms with Gasteiger partial charge in [-0.3, -0.25) is 0 Å². The van der Waals surface area contributed by atoms with Gasteiger partial charge in [-0.25, -0.2) is 9.67 Å². The van der Waals surface area contributed by atoms with E-state index < -0.39 is 0 Å². The molecule has 0 radical (unpaired) electrons. The summed E-state index contributed by atoms with van der Waals surface area (Å²) in [6.45, 7) is 0. The molecule has 0 unspecified atom stereocenters. The molecule has 0 atom stereocenters. The first-order valence-corrected chi connectivity index (χ1v) is 4.86. The van der Waals surface area contributed by atoms with Crippen LogP contribution in [-0.4, -0.2) is 19.7 Å². The lowest BCUT2D eigenvalue weighted by atomic mass is 10.3. The van der Waals surface area contributed by atoms with Gasteiger partial charge in [-0.2, -0.15) is 5.10 Å². The molecule has 3 rings (SSSR count). The maximum absolute atomic E-state index is 5.78. The van der Waals surface area contributed by atoms with Crippen molar-refractivity contribution in [1.29, 1.82) is 0 Å².